The number of carbonyl (C=O) groups excluding carboxylic acids is 1. The third kappa shape index (κ3) is 2.73. The van der Waals surface area contributed by atoms with Gasteiger partial charge < -0.3 is 9.47 Å². The zero-order valence-electron chi connectivity index (χ0n) is 17.1. The van der Waals surface area contributed by atoms with Crippen molar-refractivity contribution < 1.29 is 9.32 Å². The zero-order chi connectivity index (χ0) is 21.3. The standard InChI is InChI=1S/C22H20N6O3/c1-11-21(29)27(2)10-17-18(24-20(28(11)17)12-6-7-12)14-5-3-4-13-8-16(23-9-15(13)14)19-25-22(30)31-26-19/h3-5,8-9,11-12H,6-7,10H2,1-2H3,(H,25,26,30). The summed E-state index contributed by atoms with van der Waals surface area (Å²) in [6, 6.07) is 7.63. The maximum Gasteiger partial charge on any atom is 0.439 e. The van der Waals surface area contributed by atoms with E-state index in [2.05, 4.69) is 24.2 Å². The van der Waals surface area contributed by atoms with Gasteiger partial charge in [-0.2, -0.15) is 0 Å². The lowest BCUT2D eigenvalue weighted by molar-refractivity contribution is -0.135. The Hall–Kier alpha value is -3.75. The van der Waals surface area contributed by atoms with E-state index in [0.29, 0.717) is 24.0 Å². The highest BCUT2D eigenvalue weighted by molar-refractivity contribution is 5.97. The Kier molecular flexibility index (Phi) is 3.71. The minimum absolute atomic E-state index is 0.115. The van der Waals surface area contributed by atoms with Gasteiger partial charge in [0.25, 0.3) is 0 Å². The molecule has 1 aliphatic carbocycles. The van der Waals surface area contributed by atoms with Gasteiger partial charge in [-0.25, -0.2) is 9.78 Å². The van der Waals surface area contributed by atoms with Gasteiger partial charge >= 0.3 is 5.76 Å². The van der Waals surface area contributed by atoms with Gasteiger partial charge in [0.1, 0.15) is 17.6 Å². The molecule has 1 aromatic carbocycles. The Morgan fingerprint density at radius 1 is 1.23 bits per heavy atom. The molecule has 0 radical (unpaired) electrons. The van der Waals surface area contributed by atoms with Crippen molar-refractivity contribution in [3.05, 3.63) is 52.5 Å². The molecule has 0 saturated heterocycles. The first-order chi connectivity index (χ1) is 15.0. The number of nitrogens with one attached hydrogen (secondary N) is 1. The predicted octanol–water partition coefficient (Wildman–Crippen LogP) is 2.85. The molecule has 1 fully saturated rings. The number of likely N-dealkylation sites (N-methyl/N-ethyl adjacent to an activating group) is 1. The summed E-state index contributed by atoms with van der Waals surface area (Å²) in [6.45, 7) is 2.48. The molecule has 0 bridgehead atoms. The number of fused-ring (bicyclic) bond motifs is 2. The van der Waals surface area contributed by atoms with Gasteiger partial charge in [-0.15, -0.1) is 0 Å². The molecule has 1 aliphatic heterocycles. The molecule has 2 aliphatic rings. The number of amides is 1. The van der Waals surface area contributed by atoms with Gasteiger partial charge in [-0.05, 0) is 31.2 Å². The van der Waals surface area contributed by atoms with Crippen molar-refractivity contribution in [2.24, 2.45) is 0 Å². The van der Waals surface area contributed by atoms with Gasteiger partial charge in [-0.1, -0.05) is 23.4 Å². The highest BCUT2D eigenvalue weighted by Gasteiger charge is 2.38. The van der Waals surface area contributed by atoms with E-state index >= 15 is 0 Å². The Morgan fingerprint density at radius 2 is 2.06 bits per heavy atom. The third-order valence-electron chi connectivity index (χ3n) is 6.19. The molecule has 1 N–H and O–H groups in total. The van der Waals surface area contributed by atoms with Gasteiger partial charge in [-0.3, -0.25) is 19.3 Å². The average Bonchev–Trinajstić information content (AvgIpc) is 3.42. The van der Waals surface area contributed by atoms with E-state index in [1.807, 2.05) is 38.2 Å². The number of rotatable bonds is 3. The maximum atomic E-state index is 12.6. The summed E-state index contributed by atoms with van der Waals surface area (Å²) in [4.78, 5) is 37.8. The number of benzene rings is 1. The molecule has 9 nitrogen and oxygen atoms in total. The fourth-order valence-corrected chi connectivity index (χ4v) is 4.49. The molecule has 4 aromatic rings. The SMILES string of the molecule is CC1C(=O)N(C)Cc2c(-c3cccc4cc(-c5noc(=O)[nH]5)ncc34)nc(C3CC3)n21. The number of pyridine rings is 1. The summed E-state index contributed by atoms with van der Waals surface area (Å²) >= 11 is 0. The molecule has 4 heterocycles. The third-order valence-corrected chi connectivity index (χ3v) is 6.19. The molecule has 3 aromatic heterocycles. The highest BCUT2D eigenvalue weighted by Crippen LogP contribution is 2.45. The normalized spacial score (nSPS) is 18.6. The number of hydrogen-bond acceptors (Lipinski definition) is 6. The number of carbonyl (C=O) groups is 1. The van der Waals surface area contributed by atoms with Crippen molar-refractivity contribution in [1.29, 1.82) is 0 Å². The van der Waals surface area contributed by atoms with Crippen LogP contribution in [0.2, 0.25) is 0 Å². The molecule has 31 heavy (non-hydrogen) atoms. The Bertz CT molecular complexity index is 1410. The zero-order valence-corrected chi connectivity index (χ0v) is 17.1. The number of H-pyrrole nitrogens is 1. The van der Waals surface area contributed by atoms with Crippen molar-refractivity contribution in [3.63, 3.8) is 0 Å². The van der Waals surface area contributed by atoms with E-state index in [0.717, 1.165) is 46.4 Å². The second kappa shape index (κ2) is 6.37. The molecule has 0 spiro atoms. The molecular weight excluding hydrogens is 396 g/mol. The van der Waals surface area contributed by atoms with Crippen LogP contribution in [-0.2, 0) is 11.3 Å². The first-order valence-corrected chi connectivity index (χ1v) is 10.3. The van der Waals surface area contributed by atoms with Crippen LogP contribution < -0.4 is 5.76 Å². The van der Waals surface area contributed by atoms with Crippen LogP contribution in [0.15, 0.2) is 39.8 Å². The van der Waals surface area contributed by atoms with E-state index in [4.69, 9.17) is 4.98 Å². The fraction of sp³-hybridized carbons (Fsp3) is 0.318. The summed E-state index contributed by atoms with van der Waals surface area (Å²) in [5.74, 6) is 1.23. The van der Waals surface area contributed by atoms with Crippen molar-refractivity contribution >= 4 is 16.7 Å². The minimum atomic E-state index is -0.615. The van der Waals surface area contributed by atoms with Crippen LogP contribution >= 0.6 is 0 Å². The van der Waals surface area contributed by atoms with Crippen LogP contribution in [0.4, 0.5) is 0 Å². The molecule has 1 saturated carbocycles. The molecule has 1 unspecified atom stereocenters. The van der Waals surface area contributed by atoms with E-state index in [1.165, 1.54) is 0 Å². The minimum Gasteiger partial charge on any atom is -0.338 e. The summed E-state index contributed by atoms with van der Waals surface area (Å²) in [5.41, 5.74) is 3.48. The van der Waals surface area contributed by atoms with Gasteiger partial charge in [0.05, 0.1) is 17.9 Å². The maximum absolute atomic E-state index is 12.6. The van der Waals surface area contributed by atoms with E-state index in [-0.39, 0.29) is 11.9 Å². The molecule has 1 amide bonds. The number of imidazole rings is 1. The lowest BCUT2D eigenvalue weighted by Gasteiger charge is -2.31. The largest absolute Gasteiger partial charge is 0.439 e. The summed E-state index contributed by atoms with van der Waals surface area (Å²) < 4.78 is 6.75. The first-order valence-electron chi connectivity index (χ1n) is 10.3. The summed E-state index contributed by atoms with van der Waals surface area (Å²) in [7, 11) is 1.84. The van der Waals surface area contributed by atoms with Crippen LogP contribution in [0, 0.1) is 0 Å². The van der Waals surface area contributed by atoms with Crippen LogP contribution in [0.3, 0.4) is 0 Å². The van der Waals surface area contributed by atoms with E-state index in [9.17, 15) is 9.59 Å². The number of aromatic nitrogens is 5. The van der Waals surface area contributed by atoms with Crippen molar-refractivity contribution in [2.45, 2.75) is 38.3 Å². The Labute approximate surface area is 176 Å². The molecule has 6 rings (SSSR count). The molecule has 1 atom stereocenters. The van der Waals surface area contributed by atoms with Crippen LogP contribution in [0.1, 0.15) is 43.2 Å². The first kappa shape index (κ1) is 18.1. The highest BCUT2D eigenvalue weighted by atomic mass is 16.5. The van der Waals surface area contributed by atoms with E-state index < -0.39 is 5.76 Å². The number of aromatic amines is 1. The second-order valence-corrected chi connectivity index (χ2v) is 8.32. The number of nitrogens with zero attached hydrogens (tertiary/aromatic N) is 5. The topological polar surface area (TPSA) is 110 Å². The quantitative estimate of drug-likeness (QED) is 0.550. The summed E-state index contributed by atoms with van der Waals surface area (Å²) in [5, 5.41) is 5.63. The van der Waals surface area contributed by atoms with Gasteiger partial charge in [0, 0.05) is 30.1 Å². The van der Waals surface area contributed by atoms with E-state index in [1.54, 1.807) is 11.1 Å². The Morgan fingerprint density at radius 3 is 2.81 bits per heavy atom. The smallest absolute Gasteiger partial charge is 0.338 e. The fourth-order valence-electron chi connectivity index (χ4n) is 4.49. The predicted molar refractivity (Wildman–Crippen MR) is 112 cm³/mol. The van der Waals surface area contributed by atoms with Crippen LogP contribution in [-0.4, -0.2) is 42.5 Å². The van der Waals surface area contributed by atoms with Crippen LogP contribution in [0.25, 0.3) is 33.5 Å². The van der Waals surface area contributed by atoms with Gasteiger partial charge in [0.15, 0.2) is 0 Å². The molecular formula is C22H20N6O3. The monoisotopic (exact) mass is 416 g/mol. The van der Waals surface area contributed by atoms with Crippen molar-refractivity contribution in [3.8, 4) is 22.8 Å². The Balaban J connectivity index is 1.54. The van der Waals surface area contributed by atoms with Crippen molar-refractivity contribution in [2.75, 3.05) is 7.05 Å². The number of hydrogen-bond donors (Lipinski definition) is 1. The average molecular weight is 416 g/mol. The van der Waals surface area contributed by atoms with Crippen molar-refractivity contribution in [1.82, 2.24) is 29.6 Å². The van der Waals surface area contributed by atoms with Crippen LogP contribution in [0.5, 0.6) is 0 Å². The van der Waals surface area contributed by atoms with Gasteiger partial charge in [0.2, 0.25) is 11.7 Å². The molecule has 156 valence electrons. The second-order valence-electron chi connectivity index (χ2n) is 8.32. The molecule has 9 heteroatoms. The summed E-state index contributed by atoms with van der Waals surface area (Å²) in [6.07, 6.45) is 4.00. The lowest BCUT2D eigenvalue weighted by atomic mass is 10.0. The lowest BCUT2D eigenvalue weighted by Crippen LogP contribution is -2.39.